The number of amides is 1. The lowest BCUT2D eigenvalue weighted by Crippen LogP contribution is -2.49. The molecule has 1 atom stereocenters. The SMILES string of the molecule is Cc1ccccc1[C@H](C)NC(=O)CN1CCN(Cc2ccc(Cl)s2)CC1. The Bertz CT molecular complexity index is 740. The van der Waals surface area contributed by atoms with Gasteiger partial charge in [-0.2, -0.15) is 0 Å². The predicted molar refractivity (Wildman–Crippen MR) is 109 cm³/mol. The molecule has 26 heavy (non-hydrogen) atoms. The third-order valence-electron chi connectivity index (χ3n) is 4.87. The number of halogens is 1. The van der Waals surface area contributed by atoms with E-state index < -0.39 is 0 Å². The van der Waals surface area contributed by atoms with Crippen LogP contribution in [0.5, 0.6) is 0 Å². The molecule has 1 aromatic heterocycles. The van der Waals surface area contributed by atoms with Crippen molar-refractivity contribution in [3.05, 3.63) is 56.7 Å². The van der Waals surface area contributed by atoms with Crippen LogP contribution in [0.3, 0.4) is 0 Å². The van der Waals surface area contributed by atoms with Crippen molar-refractivity contribution in [2.45, 2.75) is 26.4 Å². The summed E-state index contributed by atoms with van der Waals surface area (Å²) in [6.07, 6.45) is 0. The molecule has 140 valence electrons. The maximum Gasteiger partial charge on any atom is 0.234 e. The topological polar surface area (TPSA) is 35.6 Å². The van der Waals surface area contributed by atoms with Crippen molar-refractivity contribution in [3.8, 4) is 0 Å². The fraction of sp³-hybridized carbons (Fsp3) is 0.450. The molecule has 0 unspecified atom stereocenters. The summed E-state index contributed by atoms with van der Waals surface area (Å²) >= 11 is 7.65. The summed E-state index contributed by atoms with van der Waals surface area (Å²) in [5.74, 6) is 0.0965. The Morgan fingerprint density at radius 3 is 2.50 bits per heavy atom. The van der Waals surface area contributed by atoms with Gasteiger partial charge in [-0.1, -0.05) is 35.9 Å². The Kier molecular flexibility index (Phi) is 6.70. The van der Waals surface area contributed by atoms with Crippen LogP contribution in [0.25, 0.3) is 0 Å². The normalized spacial score (nSPS) is 17.2. The molecule has 6 heteroatoms. The van der Waals surface area contributed by atoms with Crippen LogP contribution < -0.4 is 5.32 Å². The van der Waals surface area contributed by atoms with E-state index in [1.54, 1.807) is 11.3 Å². The Labute approximate surface area is 164 Å². The van der Waals surface area contributed by atoms with E-state index in [9.17, 15) is 4.79 Å². The maximum absolute atomic E-state index is 12.4. The van der Waals surface area contributed by atoms with E-state index in [0.717, 1.165) is 37.1 Å². The Morgan fingerprint density at radius 1 is 1.15 bits per heavy atom. The minimum atomic E-state index is 0.0357. The summed E-state index contributed by atoms with van der Waals surface area (Å²) in [7, 11) is 0. The van der Waals surface area contributed by atoms with E-state index in [1.807, 2.05) is 25.1 Å². The number of nitrogens with one attached hydrogen (secondary N) is 1. The number of carbonyl (C=O) groups is 1. The molecule has 1 aliphatic rings. The summed E-state index contributed by atoms with van der Waals surface area (Å²) in [6.45, 7) is 9.35. The number of nitrogens with zero attached hydrogens (tertiary/aromatic N) is 2. The van der Waals surface area contributed by atoms with Crippen molar-refractivity contribution in [1.82, 2.24) is 15.1 Å². The minimum absolute atomic E-state index is 0.0357. The number of hydrogen-bond donors (Lipinski definition) is 1. The first kappa shape index (κ1) is 19.4. The van der Waals surface area contributed by atoms with Gasteiger partial charge >= 0.3 is 0 Å². The van der Waals surface area contributed by atoms with Gasteiger partial charge in [-0.3, -0.25) is 14.6 Å². The molecule has 1 fully saturated rings. The zero-order chi connectivity index (χ0) is 18.5. The van der Waals surface area contributed by atoms with Crippen LogP contribution in [0.1, 0.15) is 29.0 Å². The number of rotatable bonds is 6. The fourth-order valence-corrected chi connectivity index (χ4v) is 4.53. The highest BCUT2D eigenvalue weighted by molar-refractivity contribution is 7.16. The van der Waals surface area contributed by atoms with Crippen LogP contribution >= 0.6 is 22.9 Å². The zero-order valence-corrected chi connectivity index (χ0v) is 16.9. The van der Waals surface area contributed by atoms with Crippen LogP contribution in [0.4, 0.5) is 0 Å². The molecule has 4 nitrogen and oxygen atoms in total. The standard InChI is InChI=1S/C20H26ClN3OS/c1-15-5-3-4-6-18(15)16(2)22-20(25)14-24-11-9-23(10-12-24)13-17-7-8-19(21)26-17/h3-8,16H,9-14H2,1-2H3,(H,22,25)/t16-/m0/s1. The maximum atomic E-state index is 12.4. The number of piperazine rings is 1. The number of hydrogen-bond acceptors (Lipinski definition) is 4. The van der Waals surface area contributed by atoms with Gasteiger partial charge in [0.25, 0.3) is 0 Å². The smallest absolute Gasteiger partial charge is 0.234 e. The molecule has 1 saturated heterocycles. The minimum Gasteiger partial charge on any atom is -0.348 e. The molecular formula is C20H26ClN3OS. The second-order valence-corrected chi connectivity index (χ2v) is 8.70. The first-order valence-electron chi connectivity index (χ1n) is 9.05. The third kappa shape index (κ3) is 5.30. The van der Waals surface area contributed by atoms with E-state index in [0.29, 0.717) is 6.54 Å². The highest BCUT2D eigenvalue weighted by atomic mass is 35.5. The summed E-state index contributed by atoms with van der Waals surface area (Å²) < 4.78 is 0.845. The second kappa shape index (κ2) is 9.00. The van der Waals surface area contributed by atoms with E-state index >= 15 is 0 Å². The molecule has 0 radical (unpaired) electrons. The van der Waals surface area contributed by atoms with Gasteiger partial charge in [0, 0.05) is 37.6 Å². The van der Waals surface area contributed by atoms with E-state index in [4.69, 9.17) is 11.6 Å². The molecule has 0 bridgehead atoms. The highest BCUT2D eigenvalue weighted by Crippen LogP contribution is 2.23. The molecule has 3 rings (SSSR count). The summed E-state index contributed by atoms with van der Waals surface area (Å²) in [4.78, 5) is 18.4. The van der Waals surface area contributed by atoms with Gasteiger partial charge in [0.05, 0.1) is 16.9 Å². The molecule has 0 aliphatic carbocycles. The molecule has 2 aromatic rings. The van der Waals surface area contributed by atoms with Gasteiger partial charge in [0.2, 0.25) is 5.91 Å². The van der Waals surface area contributed by atoms with Gasteiger partial charge in [-0.15, -0.1) is 11.3 Å². The predicted octanol–water partition coefficient (Wildman–Crippen LogP) is 3.70. The number of thiophene rings is 1. The first-order valence-corrected chi connectivity index (χ1v) is 10.2. The van der Waals surface area contributed by atoms with Crippen LogP contribution in [0, 0.1) is 6.92 Å². The van der Waals surface area contributed by atoms with Crippen molar-refractivity contribution in [1.29, 1.82) is 0 Å². The van der Waals surface area contributed by atoms with Crippen molar-refractivity contribution in [2.75, 3.05) is 32.7 Å². The molecule has 1 N–H and O–H groups in total. The van der Waals surface area contributed by atoms with Gasteiger partial charge in [0.1, 0.15) is 0 Å². The lowest BCUT2D eigenvalue weighted by atomic mass is 10.0. The molecular weight excluding hydrogens is 366 g/mol. The molecule has 0 spiro atoms. The van der Waals surface area contributed by atoms with Gasteiger partial charge in [-0.05, 0) is 37.1 Å². The summed E-state index contributed by atoms with van der Waals surface area (Å²) in [5.41, 5.74) is 2.39. The summed E-state index contributed by atoms with van der Waals surface area (Å²) in [6, 6.07) is 12.3. The average Bonchev–Trinajstić information content (AvgIpc) is 3.01. The Balaban J connectivity index is 1.42. The third-order valence-corrected chi connectivity index (χ3v) is 6.09. The van der Waals surface area contributed by atoms with Crippen molar-refractivity contribution in [2.24, 2.45) is 0 Å². The molecule has 0 saturated carbocycles. The van der Waals surface area contributed by atoms with Crippen molar-refractivity contribution in [3.63, 3.8) is 0 Å². The lowest BCUT2D eigenvalue weighted by Gasteiger charge is -2.34. The van der Waals surface area contributed by atoms with E-state index in [1.165, 1.54) is 16.0 Å². The number of benzene rings is 1. The second-order valence-electron chi connectivity index (χ2n) is 6.90. The van der Waals surface area contributed by atoms with Gasteiger partial charge in [-0.25, -0.2) is 0 Å². The van der Waals surface area contributed by atoms with E-state index in [2.05, 4.69) is 40.2 Å². The molecule has 1 amide bonds. The Morgan fingerprint density at radius 2 is 1.85 bits per heavy atom. The summed E-state index contributed by atoms with van der Waals surface area (Å²) in [5, 5.41) is 3.13. The largest absolute Gasteiger partial charge is 0.348 e. The monoisotopic (exact) mass is 391 g/mol. The number of carbonyl (C=O) groups excluding carboxylic acids is 1. The van der Waals surface area contributed by atoms with Gasteiger partial charge in [0.15, 0.2) is 0 Å². The van der Waals surface area contributed by atoms with Crippen molar-refractivity contribution >= 4 is 28.8 Å². The molecule has 1 aliphatic heterocycles. The fourth-order valence-electron chi connectivity index (χ4n) is 3.40. The first-order chi connectivity index (χ1) is 12.5. The van der Waals surface area contributed by atoms with Crippen LogP contribution in [-0.2, 0) is 11.3 Å². The Hall–Kier alpha value is -1.40. The quantitative estimate of drug-likeness (QED) is 0.815. The molecule has 1 aromatic carbocycles. The van der Waals surface area contributed by atoms with Gasteiger partial charge < -0.3 is 5.32 Å². The van der Waals surface area contributed by atoms with Crippen molar-refractivity contribution < 1.29 is 4.79 Å². The molecule has 2 heterocycles. The lowest BCUT2D eigenvalue weighted by molar-refractivity contribution is -0.123. The average molecular weight is 392 g/mol. The zero-order valence-electron chi connectivity index (χ0n) is 15.4. The van der Waals surface area contributed by atoms with Crippen LogP contribution in [0.15, 0.2) is 36.4 Å². The van der Waals surface area contributed by atoms with Crippen LogP contribution in [-0.4, -0.2) is 48.4 Å². The number of aryl methyl sites for hydroxylation is 1. The highest BCUT2D eigenvalue weighted by Gasteiger charge is 2.20. The van der Waals surface area contributed by atoms with E-state index in [-0.39, 0.29) is 11.9 Å². The van der Waals surface area contributed by atoms with Crippen LogP contribution in [0.2, 0.25) is 4.34 Å².